The van der Waals surface area contributed by atoms with Crippen LogP contribution in [0.1, 0.15) is 13.8 Å². The van der Waals surface area contributed by atoms with Gasteiger partial charge in [0, 0.05) is 19.8 Å². The van der Waals surface area contributed by atoms with Crippen molar-refractivity contribution in [3.05, 3.63) is 24.3 Å². The van der Waals surface area contributed by atoms with E-state index in [0.29, 0.717) is 18.0 Å². The largest absolute Gasteiger partial charge is 0.331 e. The van der Waals surface area contributed by atoms with Gasteiger partial charge in [-0.05, 0) is 38.1 Å². The van der Waals surface area contributed by atoms with E-state index < -0.39 is 5.41 Å². The number of nitrogens with zero attached hydrogens (tertiary/aromatic N) is 2. The molecular formula is C14H19N3O3. The molecule has 0 radical (unpaired) electrons. The summed E-state index contributed by atoms with van der Waals surface area (Å²) in [5, 5.41) is 4.03. The number of hydrogen-bond acceptors (Lipinski definition) is 3. The Morgan fingerprint density at radius 1 is 1.30 bits per heavy atom. The first-order valence-corrected chi connectivity index (χ1v) is 6.37. The predicted molar refractivity (Wildman–Crippen MR) is 76.4 cm³/mol. The fraction of sp³-hybridized carbons (Fsp3) is 0.429. The van der Waals surface area contributed by atoms with E-state index in [2.05, 4.69) is 5.32 Å². The van der Waals surface area contributed by atoms with Crippen molar-refractivity contribution in [2.45, 2.75) is 13.8 Å². The lowest BCUT2D eigenvalue weighted by atomic mass is 9.95. The minimum Gasteiger partial charge on any atom is -0.331 e. The van der Waals surface area contributed by atoms with Gasteiger partial charge in [0.15, 0.2) is 0 Å². The second-order valence-corrected chi connectivity index (χ2v) is 5.63. The third kappa shape index (κ3) is 2.75. The van der Waals surface area contributed by atoms with Gasteiger partial charge in [0.05, 0.1) is 17.7 Å². The van der Waals surface area contributed by atoms with Gasteiger partial charge in [-0.2, -0.15) is 5.06 Å². The quantitative estimate of drug-likeness (QED) is 0.900. The lowest BCUT2D eigenvalue weighted by molar-refractivity contribution is -0.124. The van der Waals surface area contributed by atoms with Crippen LogP contribution in [0.3, 0.4) is 0 Å². The van der Waals surface area contributed by atoms with Crippen LogP contribution in [0.5, 0.6) is 0 Å². The molecule has 6 heteroatoms. The van der Waals surface area contributed by atoms with E-state index in [1.54, 1.807) is 38.4 Å². The highest BCUT2D eigenvalue weighted by Crippen LogP contribution is 2.31. The Labute approximate surface area is 118 Å². The van der Waals surface area contributed by atoms with Crippen LogP contribution in [0.15, 0.2) is 24.3 Å². The van der Waals surface area contributed by atoms with E-state index in [4.69, 9.17) is 4.84 Å². The summed E-state index contributed by atoms with van der Waals surface area (Å²) in [7, 11) is 3.34. The van der Waals surface area contributed by atoms with Gasteiger partial charge < -0.3 is 10.2 Å². The van der Waals surface area contributed by atoms with E-state index in [-0.39, 0.29) is 11.9 Å². The maximum Gasteiger partial charge on any atom is 0.321 e. The first-order chi connectivity index (χ1) is 9.31. The molecule has 6 nitrogen and oxygen atoms in total. The lowest BCUT2D eigenvalue weighted by Crippen LogP contribution is -2.30. The van der Waals surface area contributed by atoms with Crippen molar-refractivity contribution in [1.82, 2.24) is 4.90 Å². The molecule has 1 fully saturated rings. The SMILES string of the molecule is CN(C)C(=O)Nc1ccc(N2OCC(C)(C)C2=O)cc1. The van der Waals surface area contributed by atoms with Crippen LogP contribution in [-0.4, -0.2) is 37.5 Å². The standard InChI is InChI=1S/C14H19N3O3/c1-14(2)9-20-17(12(14)18)11-7-5-10(6-8-11)15-13(19)16(3)4/h5-8H,9H2,1-4H3,(H,15,19). The predicted octanol–water partition coefficient (Wildman–Crippen LogP) is 2.08. The first-order valence-electron chi connectivity index (χ1n) is 6.37. The number of nitrogens with one attached hydrogen (secondary N) is 1. The van der Waals surface area contributed by atoms with E-state index in [9.17, 15) is 9.59 Å². The Bertz CT molecular complexity index is 523. The van der Waals surface area contributed by atoms with Crippen LogP contribution in [0.4, 0.5) is 16.2 Å². The van der Waals surface area contributed by atoms with Crippen molar-refractivity contribution in [3.63, 3.8) is 0 Å². The van der Waals surface area contributed by atoms with Gasteiger partial charge in [0.25, 0.3) is 5.91 Å². The molecule has 3 amide bonds. The Kier molecular flexibility index (Phi) is 3.67. The van der Waals surface area contributed by atoms with E-state index >= 15 is 0 Å². The number of hydroxylamine groups is 1. The van der Waals surface area contributed by atoms with Gasteiger partial charge in [0.1, 0.15) is 0 Å². The fourth-order valence-corrected chi connectivity index (χ4v) is 1.73. The number of carbonyl (C=O) groups is 2. The second-order valence-electron chi connectivity index (χ2n) is 5.63. The first kappa shape index (κ1) is 14.3. The molecular weight excluding hydrogens is 258 g/mol. The third-order valence-electron chi connectivity index (χ3n) is 3.08. The average molecular weight is 277 g/mol. The van der Waals surface area contributed by atoms with Gasteiger partial charge >= 0.3 is 6.03 Å². The highest BCUT2D eigenvalue weighted by Gasteiger charge is 2.41. The van der Waals surface area contributed by atoms with Crippen LogP contribution >= 0.6 is 0 Å². The van der Waals surface area contributed by atoms with Gasteiger partial charge in [-0.3, -0.25) is 9.63 Å². The van der Waals surface area contributed by atoms with Crippen molar-refractivity contribution in [3.8, 4) is 0 Å². The van der Waals surface area contributed by atoms with Crippen molar-refractivity contribution in [2.75, 3.05) is 31.1 Å². The number of carbonyl (C=O) groups excluding carboxylic acids is 2. The van der Waals surface area contributed by atoms with E-state index in [1.807, 2.05) is 13.8 Å². The summed E-state index contributed by atoms with van der Waals surface area (Å²) < 4.78 is 0. The van der Waals surface area contributed by atoms with Crippen LogP contribution in [0.25, 0.3) is 0 Å². The molecule has 108 valence electrons. The summed E-state index contributed by atoms with van der Waals surface area (Å²) in [6.07, 6.45) is 0. The number of benzene rings is 1. The van der Waals surface area contributed by atoms with Crippen molar-refractivity contribution >= 4 is 23.3 Å². The molecule has 0 spiro atoms. The summed E-state index contributed by atoms with van der Waals surface area (Å²) in [4.78, 5) is 30.5. The third-order valence-corrected chi connectivity index (χ3v) is 3.08. The maximum atomic E-state index is 12.1. The molecule has 0 atom stereocenters. The summed E-state index contributed by atoms with van der Waals surface area (Å²) in [6.45, 7) is 4.06. The van der Waals surface area contributed by atoms with Crippen LogP contribution in [-0.2, 0) is 9.63 Å². The molecule has 2 rings (SSSR count). The summed E-state index contributed by atoms with van der Waals surface area (Å²) in [5.41, 5.74) is 0.819. The maximum absolute atomic E-state index is 12.1. The van der Waals surface area contributed by atoms with Crippen molar-refractivity contribution < 1.29 is 14.4 Å². The topological polar surface area (TPSA) is 61.9 Å². The minimum absolute atomic E-state index is 0.0671. The molecule has 0 aliphatic carbocycles. The van der Waals surface area contributed by atoms with Gasteiger partial charge in [-0.15, -0.1) is 0 Å². The highest BCUT2D eigenvalue weighted by molar-refractivity contribution is 5.97. The molecule has 0 bridgehead atoms. The molecule has 1 saturated heterocycles. The Morgan fingerprint density at radius 2 is 1.90 bits per heavy atom. The molecule has 1 aliphatic rings. The lowest BCUT2D eigenvalue weighted by Gasteiger charge is -2.17. The molecule has 0 aromatic heterocycles. The van der Waals surface area contributed by atoms with Gasteiger partial charge in [-0.1, -0.05) is 0 Å². The van der Waals surface area contributed by atoms with Crippen LogP contribution in [0.2, 0.25) is 0 Å². The summed E-state index contributed by atoms with van der Waals surface area (Å²) in [5.74, 6) is -0.0671. The molecule has 0 unspecified atom stereocenters. The Morgan fingerprint density at radius 3 is 2.35 bits per heavy atom. The molecule has 1 N–H and O–H groups in total. The number of urea groups is 1. The average Bonchev–Trinajstić information content (AvgIpc) is 2.66. The number of amides is 3. The number of anilines is 2. The Balaban J connectivity index is 2.10. The molecule has 20 heavy (non-hydrogen) atoms. The normalized spacial score (nSPS) is 17.2. The smallest absolute Gasteiger partial charge is 0.321 e. The molecule has 1 aromatic carbocycles. The minimum atomic E-state index is -0.502. The monoisotopic (exact) mass is 277 g/mol. The zero-order chi connectivity index (χ0) is 14.9. The van der Waals surface area contributed by atoms with Crippen LogP contribution < -0.4 is 10.4 Å². The fourth-order valence-electron chi connectivity index (χ4n) is 1.73. The summed E-state index contributed by atoms with van der Waals surface area (Å²) >= 11 is 0. The molecule has 0 saturated carbocycles. The van der Waals surface area contributed by atoms with Gasteiger partial charge in [0.2, 0.25) is 0 Å². The van der Waals surface area contributed by atoms with E-state index in [0.717, 1.165) is 0 Å². The second kappa shape index (κ2) is 5.13. The zero-order valence-corrected chi connectivity index (χ0v) is 12.1. The Hall–Kier alpha value is -2.08. The molecule has 1 aliphatic heterocycles. The van der Waals surface area contributed by atoms with Crippen molar-refractivity contribution in [2.24, 2.45) is 5.41 Å². The molecule has 1 heterocycles. The van der Waals surface area contributed by atoms with Crippen LogP contribution in [0, 0.1) is 5.41 Å². The number of hydrogen-bond donors (Lipinski definition) is 1. The van der Waals surface area contributed by atoms with Gasteiger partial charge in [-0.25, -0.2) is 4.79 Å². The van der Waals surface area contributed by atoms with E-state index in [1.165, 1.54) is 9.96 Å². The molecule has 1 aromatic rings. The van der Waals surface area contributed by atoms with Crippen molar-refractivity contribution in [1.29, 1.82) is 0 Å². The highest BCUT2D eigenvalue weighted by atomic mass is 16.7. The summed E-state index contributed by atoms with van der Waals surface area (Å²) in [6, 6.07) is 6.75. The number of rotatable bonds is 2. The zero-order valence-electron chi connectivity index (χ0n) is 12.1.